The molecule has 0 bridgehead atoms. The van der Waals surface area contributed by atoms with Crippen molar-refractivity contribution in [2.24, 2.45) is 0 Å². The predicted octanol–water partition coefficient (Wildman–Crippen LogP) is 3.50. The van der Waals surface area contributed by atoms with Gasteiger partial charge in [-0.1, -0.05) is 17.2 Å². The summed E-state index contributed by atoms with van der Waals surface area (Å²) in [5.74, 6) is 0. The number of tetrazole rings is 1. The van der Waals surface area contributed by atoms with Crippen molar-refractivity contribution < 1.29 is 4.92 Å². The molecule has 7 nitrogen and oxygen atoms in total. The highest BCUT2D eigenvalue weighted by molar-refractivity contribution is 14.1. The van der Waals surface area contributed by atoms with Crippen LogP contribution in [0.15, 0.2) is 42.5 Å². The number of halogens is 2. The molecule has 1 heterocycles. The predicted molar refractivity (Wildman–Crippen MR) is 89.0 cm³/mol. The van der Waals surface area contributed by atoms with Crippen molar-refractivity contribution in [1.82, 2.24) is 20.2 Å². The van der Waals surface area contributed by atoms with E-state index in [4.69, 9.17) is 11.6 Å². The first-order chi connectivity index (χ1) is 10.6. The maximum absolute atomic E-state index is 11.0. The van der Waals surface area contributed by atoms with Gasteiger partial charge in [0.2, 0.25) is 5.28 Å². The Morgan fingerprint density at radius 2 is 1.91 bits per heavy atom. The number of non-ortho nitro benzene ring substituents is 1. The molecule has 0 N–H and O–H groups in total. The molecule has 1 aromatic heterocycles. The maximum Gasteiger partial charge on any atom is 0.270 e. The minimum Gasteiger partial charge on any atom is -0.258 e. The second kappa shape index (κ2) is 5.97. The van der Waals surface area contributed by atoms with Crippen LogP contribution >= 0.6 is 34.2 Å². The summed E-state index contributed by atoms with van der Waals surface area (Å²) in [5, 5.41) is 22.1. The summed E-state index contributed by atoms with van der Waals surface area (Å²) >= 11 is 8.14. The quantitative estimate of drug-likeness (QED) is 0.363. The Bertz CT molecular complexity index is 850. The lowest BCUT2D eigenvalue weighted by atomic mass is 10.0. The first-order valence-electron chi connectivity index (χ1n) is 6.05. The van der Waals surface area contributed by atoms with Gasteiger partial charge in [-0.15, -0.1) is 0 Å². The van der Waals surface area contributed by atoms with E-state index in [0.717, 1.165) is 9.13 Å². The van der Waals surface area contributed by atoms with Gasteiger partial charge in [-0.3, -0.25) is 10.1 Å². The van der Waals surface area contributed by atoms with Crippen LogP contribution < -0.4 is 0 Å². The molecule has 0 amide bonds. The molecule has 22 heavy (non-hydrogen) atoms. The van der Waals surface area contributed by atoms with Gasteiger partial charge >= 0.3 is 0 Å². The largest absolute Gasteiger partial charge is 0.270 e. The Labute approximate surface area is 143 Å². The van der Waals surface area contributed by atoms with Gasteiger partial charge in [0.15, 0.2) is 0 Å². The fourth-order valence-corrected chi connectivity index (χ4v) is 2.52. The van der Waals surface area contributed by atoms with E-state index < -0.39 is 4.92 Å². The number of nitro groups is 1. The molecule has 0 fully saturated rings. The Balaban J connectivity index is 2.24. The van der Waals surface area contributed by atoms with E-state index in [9.17, 15) is 10.1 Å². The molecule has 9 heteroatoms. The summed E-state index contributed by atoms with van der Waals surface area (Å²) in [4.78, 5) is 10.6. The lowest BCUT2D eigenvalue weighted by molar-refractivity contribution is -0.384. The van der Waals surface area contributed by atoms with Crippen LogP contribution in [0.5, 0.6) is 0 Å². The molecular weight excluding hydrogens is 421 g/mol. The zero-order valence-corrected chi connectivity index (χ0v) is 13.8. The van der Waals surface area contributed by atoms with Crippen LogP contribution in [0, 0.1) is 13.7 Å². The summed E-state index contributed by atoms with van der Waals surface area (Å²) in [7, 11) is 0. The molecule has 2 aromatic carbocycles. The van der Waals surface area contributed by atoms with Crippen molar-refractivity contribution in [2.75, 3.05) is 0 Å². The topological polar surface area (TPSA) is 86.7 Å². The number of nitrogens with zero attached hydrogens (tertiary/aromatic N) is 5. The van der Waals surface area contributed by atoms with Crippen LogP contribution in [0.4, 0.5) is 5.69 Å². The molecule has 0 aliphatic heterocycles. The highest BCUT2D eigenvalue weighted by Crippen LogP contribution is 2.31. The van der Waals surface area contributed by atoms with Crippen LogP contribution in [0.3, 0.4) is 0 Å². The molecule has 0 saturated carbocycles. The van der Waals surface area contributed by atoms with E-state index >= 15 is 0 Å². The molecule has 0 aliphatic rings. The molecule has 3 rings (SSSR count). The Morgan fingerprint density at radius 3 is 2.50 bits per heavy atom. The smallest absolute Gasteiger partial charge is 0.258 e. The van der Waals surface area contributed by atoms with Gasteiger partial charge < -0.3 is 0 Å². The fraction of sp³-hybridized carbons (Fsp3) is 0. The second-order valence-corrected chi connectivity index (χ2v) is 5.91. The van der Waals surface area contributed by atoms with Crippen LogP contribution in [0.2, 0.25) is 5.28 Å². The molecule has 0 radical (unpaired) electrons. The number of benzene rings is 2. The lowest BCUT2D eigenvalue weighted by Crippen LogP contribution is -2.01. The Kier molecular flexibility index (Phi) is 4.03. The zero-order chi connectivity index (χ0) is 15.7. The third-order valence-corrected chi connectivity index (χ3v) is 3.96. The third-order valence-electron chi connectivity index (χ3n) is 3.01. The summed E-state index contributed by atoms with van der Waals surface area (Å²) < 4.78 is 2.40. The highest BCUT2D eigenvalue weighted by atomic mass is 127. The second-order valence-electron chi connectivity index (χ2n) is 4.33. The summed E-state index contributed by atoms with van der Waals surface area (Å²) in [6.07, 6.45) is 0. The molecule has 0 saturated heterocycles. The van der Waals surface area contributed by atoms with Gasteiger partial charge in [-0.2, -0.15) is 4.68 Å². The van der Waals surface area contributed by atoms with Crippen molar-refractivity contribution in [2.45, 2.75) is 0 Å². The Hall–Kier alpha value is -2.07. The minimum atomic E-state index is -0.443. The number of aromatic nitrogens is 4. The molecule has 0 aliphatic carbocycles. The van der Waals surface area contributed by atoms with E-state index in [2.05, 4.69) is 38.1 Å². The van der Waals surface area contributed by atoms with Crippen LogP contribution in [-0.2, 0) is 0 Å². The SMILES string of the molecule is O=[N+]([O-])c1ccc(-n2nnnc2Cl)c(-c2ccc(I)cc2)c1. The molecule has 0 unspecified atom stereocenters. The van der Waals surface area contributed by atoms with Gasteiger partial charge in [0, 0.05) is 21.3 Å². The van der Waals surface area contributed by atoms with E-state index in [1.165, 1.54) is 16.8 Å². The van der Waals surface area contributed by atoms with Crippen molar-refractivity contribution >= 4 is 39.9 Å². The van der Waals surface area contributed by atoms with E-state index in [0.29, 0.717) is 11.3 Å². The van der Waals surface area contributed by atoms with Crippen molar-refractivity contribution in [3.05, 3.63) is 61.4 Å². The van der Waals surface area contributed by atoms with Crippen LogP contribution in [-0.4, -0.2) is 25.1 Å². The van der Waals surface area contributed by atoms with Gasteiger partial charge in [-0.25, -0.2) is 0 Å². The first-order valence-corrected chi connectivity index (χ1v) is 7.50. The van der Waals surface area contributed by atoms with Crippen LogP contribution in [0.25, 0.3) is 16.8 Å². The number of nitro benzene ring substituents is 1. The standard InChI is InChI=1S/C13H7ClIN5O2/c14-13-16-17-18-19(13)12-6-5-10(20(21)22)7-11(12)8-1-3-9(15)4-2-8/h1-7H. The van der Waals surface area contributed by atoms with Crippen molar-refractivity contribution in [1.29, 1.82) is 0 Å². The number of hydrogen-bond acceptors (Lipinski definition) is 5. The normalized spacial score (nSPS) is 10.6. The number of hydrogen-bond donors (Lipinski definition) is 0. The number of rotatable bonds is 3. The lowest BCUT2D eigenvalue weighted by Gasteiger charge is -2.09. The average molecular weight is 428 g/mol. The van der Waals surface area contributed by atoms with Crippen molar-refractivity contribution in [3.63, 3.8) is 0 Å². The third kappa shape index (κ3) is 2.79. The molecular formula is C13H7ClIN5O2. The maximum atomic E-state index is 11.0. The van der Waals surface area contributed by atoms with E-state index in [1.54, 1.807) is 6.07 Å². The van der Waals surface area contributed by atoms with Gasteiger partial charge in [0.05, 0.1) is 10.6 Å². The Morgan fingerprint density at radius 1 is 1.18 bits per heavy atom. The zero-order valence-electron chi connectivity index (χ0n) is 10.8. The average Bonchev–Trinajstić information content (AvgIpc) is 2.93. The molecule has 110 valence electrons. The van der Waals surface area contributed by atoms with Gasteiger partial charge in [-0.05, 0) is 68.4 Å². The summed E-state index contributed by atoms with van der Waals surface area (Å²) in [6, 6.07) is 12.0. The molecule has 0 atom stereocenters. The van der Waals surface area contributed by atoms with E-state index in [1.807, 2.05) is 24.3 Å². The molecule has 0 spiro atoms. The highest BCUT2D eigenvalue weighted by Gasteiger charge is 2.16. The van der Waals surface area contributed by atoms with Crippen LogP contribution in [0.1, 0.15) is 0 Å². The van der Waals surface area contributed by atoms with E-state index in [-0.39, 0.29) is 11.0 Å². The fourth-order valence-electron chi connectivity index (χ4n) is 2.01. The molecule has 3 aromatic rings. The summed E-state index contributed by atoms with van der Waals surface area (Å²) in [5.41, 5.74) is 1.99. The summed E-state index contributed by atoms with van der Waals surface area (Å²) in [6.45, 7) is 0. The monoisotopic (exact) mass is 427 g/mol. The van der Waals surface area contributed by atoms with Crippen molar-refractivity contribution in [3.8, 4) is 16.8 Å². The van der Waals surface area contributed by atoms with Gasteiger partial charge in [0.1, 0.15) is 0 Å². The minimum absolute atomic E-state index is 0.0125. The van der Waals surface area contributed by atoms with Gasteiger partial charge in [0.25, 0.3) is 5.69 Å². The first kappa shape index (κ1) is 14.9.